The minimum atomic E-state index is -0.558. The largest absolute Gasteiger partial charge is 0.348 e. The summed E-state index contributed by atoms with van der Waals surface area (Å²) in [5.74, 6) is -0.503. The monoisotopic (exact) mass is 402 g/mol. The number of carbonyl (C=O) groups is 1. The average Bonchev–Trinajstić information content (AvgIpc) is 3.15. The highest BCUT2D eigenvalue weighted by atomic mass is 35.5. The molecule has 0 saturated carbocycles. The van der Waals surface area contributed by atoms with Crippen LogP contribution < -0.4 is 5.32 Å². The van der Waals surface area contributed by atoms with E-state index in [4.69, 9.17) is 11.6 Å². The Morgan fingerprint density at radius 1 is 1.30 bits per heavy atom. The number of amides is 1. The van der Waals surface area contributed by atoms with Gasteiger partial charge in [0.15, 0.2) is 0 Å². The van der Waals surface area contributed by atoms with Crippen LogP contribution in [0.25, 0.3) is 5.69 Å². The van der Waals surface area contributed by atoms with Crippen LogP contribution in [-0.4, -0.2) is 26.9 Å². The van der Waals surface area contributed by atoms with Crippen LogP contribution in [0.5, 0.6) is 0 Å². The second kappa shape index (κ2) is 8.24. The lowest BCUT2D eigenvalue weighted by Gasteiger charge is -2.06. The van der Waals surface area contributed by atoms with E-state index in [9.17, 15) is 14.9 Å². The number of aromatic nitrogens is 2. The molecule has 1 amide bonds. The van der Waals surface area contributed by atoms with Gasteiger partial charge in [0, 0.05) is 34.3 Å². The van der Waals surface area contributed by atoms with Crippen molar-refractivity contribution in [1.29, 1.82) is 0 Å². The zero-order valence-electron chi connectivity index (χ0n) is 14.3. The maximum atomic E-state index is 12.5. The molecule has 1 aromatic heterocycles. The van der Waals surface area contributed by atoms with E-state index in [0.29, 0.717) is 5.02 Å². The Balaban J connectivity index is 1.73. The lowest BCUT2D eigenvalue weighted by atomic mass is 10.1. The summed E-state index contributed by atoms with van der Waals surface area (Å²) in [4.78, 5) is 23.9. The van der Waals surface area contributed by atoms with Crippen molar-refractivity contribution in [2.24, 2.45) is 0 Å². The summed E-state index contributed by atoms with van der Waals surface area (Å²) < 4.78 is 1.66. The molecule has 7 nitrogen and oxygen atoms in total. The van der Waals surface area contributed by atoms with Crippen molar-refractivity contribution < 1.29 is 9.72 Å². The summed E-state index contributed by atoms with van der Waals surface area (Å²) in [5, 5.41) is 18.8. The summed E-state index contributed by atoms with van der Waals surface area (Å²) >= 11 is 7.29. The van der Waals surface area contributed by atoms with E-state index in [1.807, 2.05) is 18.4 Å². The fourth-order valence-electron chi connectivity index (χ4n) is 2.45. The zero-order valence-corrected chi connectivity index (χ0v) is 15.8. The predicted octanol–water partition coefficient (Wildman–Crippen LogP) is 4.09. The Labute approximate surface area is 164 Å². The molecule has 27 heavy (non-hydrogen) atoms. The molecule has 3 rings (SSSR count). The van der Waals surface area contributed by atoms with Crippen molar-refractivity contribution in [1.82, 2.24) is 15.1 Å². The van der Waals surface area contributed by atoms with Gasteiger partial charge in [0.2, 0.25) is 0 Å². The summed E-state index contributed by atoms with van der Waals surface area (Å²) in [6.07, 6.45) is 5.24. The van der Waals surface area contributed by atoms with Crippen molar-refractivity contribution in [2.75, 3.05) is 6.26 Å². The highest BCUT2D eigenvalue weighted by molar-refractivity contribution is 7.98. The first-order chi connectivity index (χ1) is 13.0. The van der Waals surface area contributed by atoms with Crippen LogP contribution in [0, 0.1) is 10.1 Å². The first-order valence-electron chi connectivity index (χ1n) is 7.88. The second-order valence-corrected chi connectivity index (χ2v) is 6.91. The Hall–Kier alpha value is -2.84. The molecule has 9 heteroatoms. The number of hydrogen-bond acceptors (Lipinski definition) is 5. The highest BCUT2D eigenvalue weighted by Gasteiger charge is 2.20. The van der Waals surface area contributed by atoms with Crippen molar-refractivity contribution >= 4 is 35.0 Å². The van der Waals surface area contributed by atoms with Crippen LogP contribution in [0.15, 0.2) is 59.8 Å². The van der Waals surface area contributed by atoms with Gasteiger partial charge in [-0.1, -0.05) is 11.6 Å². The van der Waals surface area contributed by atoms with Crippen LogP contribution in [0.3, 0.4) is 0 Å². The number of carbonyl (C=O) groups excluding carboxylic acids is 1. The van der Waals surface area contributed by atoms with E-state index in [2.05, 4.69) is 10.4 Å². The maximum absolute atomic E-state index is 12.5. The first kappa shape index (κ1) is 18.9. The van der Waals surface area contributed by atoms with Crippen LogP contribution in [0.1, 0.15) is 15.9 Å². The lowest BCUT2D eigenvalue weighted by molar-refractivity contribution is -0.385. The number of nitrogens with one attached hydrogen (secondary N) is 1. The quantitative estimate of drug-likeness (QED) is 0.381. The van der Waals surface area contributed by atoms with E-state index >= 15 is 0 Å². The van der Waals surface area contributed by atoms with Crippen molar-refractivity contribution in [2.45, 2.75) is 11.4 Å². The number of halogens is 1. The molecule has 0 unspecified atom stereocenters. The van der Waals surface area contributed by atoms with Gasteiger partial charge in [-0.15, -0.1) is 11.8 Å². The molecule has 0 atom stereocenters. The summed E-state index contributed by atoms with van der Waals surface area (Å²) in [5.41, 5.74) is 1.42. The molecule has 0 aliphatic rings. The average molecular weight is 403 g/mol. The number of nitro benzene ring substituents is 1. The molecule has 0 fully saturated rings. The SMILES string of the molecule is CSc1ccc([N+](=O)[O-])c(C(=O)NCc2cnn(-c3ccc(Cl)cc3)c2)c1. The number of benzene rings is 2. The highest BCUT2D eigenvalue weighted by Crippen LogP contribution is 2.24. The van der Waals surface area contributed by atoms with Crippen LogP contribution in [0.2, 0.25) is 5.02 Å². The molecular formula is C18H15ClN4O3S. The number of rotatable bonds is 6. The van der Waals surface area contributed by atoms with E-state index in [1.54, 1.807) is 35.3 Å². The third-order valence-electron chi connectivity index (χ3n) is 3.83. The van der Waals surface area contributed by atoms with Crippen molar-refractivity contribution in [3.63, 3.8) is 0 Å². The molecule has 0 saturated heterocycles. The molecule has 1 heterocycles. The molecule has 0 aliphatic heterocycles. The Morgan fingerprint density at radius 3 is 2.70 bits per heavy atom. The van der Waals surface area contributed by atoms with E-state index in [1.165, 1.54) is 23.9 Å². The van der Waals surface area contributed by atoms with Gasteiger partial charge in [-0.2, -0.15) is 5.10 Å². The minimum absolute atomic E-state index is 0.0388. The fourth-order valence-corrected chi connectivity index (χ4v) is 3.01. The Morgan fingerprint density at radius 2 is 2.04 bits per heavy atom. The number of thioether (sulfide) groups is 1. The molecule has 0 spiro atoms. The summed E-state index contributed by atoms with van der Waals surface area (Å²) in [6.45, 7) is 0.201. The van der Waals surface area contributed by atoms with Gasteiger partial charge in [-0.3, -0.25) is 14.9 Å². The number of hydrogen-bond donors (Lipinski definition) is 1. The van der Waals surface area contributed by atoms with Gasteiger partial charge in [0.05, 0.1) is 16.8 Å². The third-order valence-corrected chi connectivity index (χ3v) is 4.80. The van der Waals surface area contributed by atoms with E-state index in [0.717, 1.165) is 16.1 Å². The molecule has 2 aromatic carbocycles. The van der Waals surface area contributed by atoms with Crippen LogP contribution in [0.4, 0.5) is 5.69 Å². The van der Waals surface area contributed by atoms with Gasteiger partial charge in [-0.25, -0.2) is 4.68 Å². The fraction of sp³-hybridized carbons (Fsp3) is 0.111. The second-order valence-electron chi connectivity index (χ2n) is 5.59. The van der Waals surface area contributed by atoms with Crippen molar-refractivity contribution in [3.05, 3.63) is 81.1 Å². The van der Waals surface area contributed by atoms with Crippen LogP contribution in [-0.2, 0) is 6.54 Å². The van der Waals surface area contributed by atoms with Gasteiger partial charge >= 0.3 is 0 Å². The molecule has 3 aromatic rings. The first-order valence-corrected chi connectivity index (χ1v) is 9.48. The normalized spacial score (nSPS) is 10.6. The maximum Gasteiger partial charge on any atom is 0.282 e. The number of nitro groups is 1. The van der Waals surface area contributed by atoms with Gasteiger partial charge < -0.3 is 5.32 Å². The Bertz CT molecular complexity index is 989. The lowest BCUT2D eigenvalue weighted by Crippen LogP contribution is -2.23. The molecule has 0 radical (unpaired) electrons. The smallest absolute Gasteiger partial charge is 0.282 e. The standard InChI is InChI=1S/C18H15ClN4O3S/c1-27-15-6-7-17(23(25)26)16(8-15)18(24)20-9-12-10-21-22(11-12)14-4-2-13(19)3-5-14/h2-8,10-11H,9H2,1H3,(H,20,24). The topological polar surface area (TPSA) is 90.1 Å². The predicted molar refractivity (Wildman–Crippen MR) is 105 cm³/mol. The van der Waals surface area contributed by atoms with Gasteiger partial charge in [0.1, 0.15) is 5.56 Å². The Kier molecular flexibility index (Phi) is 5.78. The molecule has 138 valence electrons. The van der Waals surface area contributed by atoms with E-state index in [-0.39, 0.29) is 17.8 Å². The van der Waals surface area contributed by atoms with E-state index < -0.39 is 10.8 Å². The van der Waals surface area contributed by atoms with Gasteiger partial charge in [0.25, 0.3) is 11.6 Å². The number of nitrogens with zero attached hydrogens (tertiary/aromatic N) is 3. The van der Waals surface area contributed by atoms with Crippen LogP contribution >= 0.6 is 23.4 Å². The van der Waals surface area contributed by atoms with Gasteiger partial charge in [-0.05, 0) is 42.7 Å². The van der Waals surface area contributed by atoms with Crippen molar-refractivity contribution in [3.8, 4) is 5.69 Å². The third kappa shape index (κ3) is 4.47. The minimum Gasteiger partial charge on any atom is -0.348 e. The zero-order chi connectivity index (χ0) is 19.4. The molecule has 0 bridgehead atoms. The molecule has 1 N–H and O–H groups in total. The summed E-state index contributed by atoms with van der Waals surface area (Å²) in [7, 11) is 0. The summed E-state index contributed by atoms with van der Waals surface area (Å²) in [6, 6.07) is 11.7. The molecule has 0 aliphatic carbocycles. The molecular weight excluding hydrogens is 388 g/mol.